The normalized spacial score (nSPS) is 13.5. The number of nitrogens with zero attached hydrogens (tertiary/aromatic N) is 1. The van der Waals surface area contributed by atoms with Crippen molar-refractivity contribution in [2.45, 2.75) is 5.41 Å². The molecule has 0 fully saturated rings. The summed E-state index contributed by atoms with van der Waals surface area (Å²) in [6, 6.07) is 64.0. The van der Waals surface area contributed by atoms with Crippen LogP contribution in [0.1, 0.15) is 22.3 Å². The van der Waals surface area contributed by atoms with Gasteiger partial charge in [-0.25, -0.2) is 4.98 Å². The number of hydrogen-bond donors (Lipinski definition) is 0. The largest absolute Gasteiger partial charge is 0.455 e. The second-order valence-electron chi connectivity index (χ2n) is 14.1. The highest BCUT2D eigenvalue weighted by Gasteiger charge is 2.51. The van der Waals surface area contributed by atoms with Crippen molar-refractivity contribution in [3.63, 3.8) is 0 Å². The second-order valence-corrected chi connectivity index (χ2v) is 14.1. The van der Waals surface area contributed by atoms with Crippen LogP contribution in [0.25, 0.3) is 88.3 Å². The van der Waals surface area contributed by atoms with Gasteiger partial charge in [-0.1, -0.05) is 152 Å². The van der Waals surface area contributed by atoms with Crippen molar-refractivity contribution in [1.82, 2.24) is 4.98 Å². The van der Waals surface area contributed by atoms with E-state index in [1.54, 1.807) is 0 Å². The number of para-hydroxylation sites is 1. The molecule has 0 amide bonds. The monoisotopic (exact) mass is 659 g/mol. The molecule has 0 saturated carbocycles. The quantitative estimate of drug-likeness (QED) is 0.173. The average molecular weight is 660 g/mol. The SMILES string of the molecule is c1ccc(-c2nc3ccccc3c3c2ccc2c4cc(-c5cccc6c5-c5ccccc5C65c6ccccc6-c6ccccc65)ccc4oc23)cc1. The van der Waals surface area contributed by atoms with E-state index in [-0.39, 0.29) is 5.41 Å². The summed E-state index contributed by atoms with van der Waals surface area (Å²) in [4.78, 5) is 5.16. The molecule has 2 aromatic heterocycles. The van der Waals surface area contributed by atoms with Gasteiger partial charge in [0.2, 0.25) is 0 Å². The fourth-order valence-corrected chi connectivity index (χ4v) is 9.64. The maximum Gasteiger partial charge on any atom is 0.144 e. The summed E-state index contributed by atoms with van der Waals surface area (Å²) < 4.78 is 6.83. The molecule has 0 radical (unpaired) electrons. The summed E-state index contributed by atoms with van der Waals surface area (Å²) >= 11 is 0. The first-order valence-electron chi connectivity index (χ1n) is 18.0. The van der Waals surface area contributed by atoms with Gasteiger partial charge in [-0.2, -0.15) is 0 Å². The van der Waals surface area contributed by atoms with Crippen molar-refractivity contribution in [2.24, 2.45) is 0 Å². The lowest BCUT2D eigenvalue weighted by Gasteiger charge is -2.30. The molecule has 2 aliphatic carbocycles. The first-order chi connectivity index (χ1) is 25.8. The van der Waals surface area contributed by atoms with Gasteiger partial charge in [0.25, 0.3) is 0 Å². The lowest BCUT2D eigenvalue weighted by Crippen LogP contribution is -2.25. The third-order valence-corrected chi connectivity index (χ3v) is 11.7. The zero-order valence-electron chi connectivity index (χ0n) is 28.1. The topological polar surface area (TPSA) is 26.0 Å². The van der Waals surface area contributed by atoms with Gasteiger partial charge in [-0.05, 0) is 79.9 Å². The van der Waals surface area contributed by atoms with Gasteiger partial charge in [-0.15, -0.1) is 0 Å². The first kappa shape index (κ1) is 28.0. The van der Waals surface area contributed by atoms with Crippen LogP contribution in [0, 0.1) is 0 Å². The van der Waals surface area contributed by atoms with Crippen LogP contribution in [0.3, 0.4) is 0 Å². The van der Waals surface area contributed by atoms with Crippen LogP contribution in [0.5, 0.6) is 0 Å². The number of rotatable bonds is 2. The number of fused-ring (bicyclic) bond motifs is 17. The lowest BCUT2D eigenvalue weighted by atomic mass is 9.70. The molecule has 10 aromatic rings. The molecule has 0 aliphatic heterocycles. The van der Waals surface area contributed by atoms with Crippen molar-refractivity contribution < 1.29 is 4.42 Å². The third-order valence-electron chi connectivity index (χ3n) is 11.7. The van der Waals surface area contributed by atoms with Crippen LogP contribution < -0.4 is 0 Å². The van der Waals surface area contributed by atoms with Crippen molar-refractivity contribution in [3.8, 4) is 44.6 Å². The van der Waals surface area contributed by atoms with Gasteiger partial charge < -0.3 is 4.42 Å². The van der Waals surface area contributed by atoms with E-state index in [9.17, 15) is 0 Å². The van der Waals surface area contributed by atoms with E-state index in [0.29, 0.717) is 0 Å². The minimum Gasteiger partial charge on any atom is -0.455 e. The summed E-state index contributed by atoms with van der Waals surface area (Å²) in [5.41, 5.74) is 17.6. The smallest absolute Gasteiger partial charge is 0.144 e. The zero-order valence-corrected chi connectivity index (χ0v) is 28.1. The number of pyridine rings is 1. The highest BCUT2D eigenvalue weighted by molar-refractivity contribution is 6.25. The predicted molar refractivity (Wildman–Crippen MR) is 214 cm³/mol. The maximum absolute atomic E-state index is 6.83. The van der Waals surface area contributed by atoms with Gasteiger partial charge >= 0.3 is 0 Å². The first-order valence-corrected chi connectivity index (χ1v) is 18.0. The molecule has 2 nitrogen and oxygen atoms in total. The Balaban J connectivity index is 1.13. The fourth-order valence-electron chi connectivity index (χ4n) is 9.64. The molecule has 52 heavy (non-hydrogen) atoms. The highest BCUT2D eigenvalue weighted by Crippen LogP contribution is 2.64. The van der Waals surface area contributed by atoms with Crippen LogP contribution in [0.4, 0.5) is 0 Å². The summed E-state index contributed by atoms with van der Waals surface area (Å²) in [6.07, 6.45) is 0. The maximum atomic E-state index is 6.83. The van der Waals surface area contributed by atoms with E-state index in [1.165, 1.54) is 55.6 Å². The predicted octanol–water partition coefficient (Wildman–Crippen LogP) is 13.0. The Morgan fingerprint density at radius 1 is 0.404 bits per heavy atom. The Labute approximate surface area is 300 Å². The van der Waals surface area contributed by atoms with Crippen molar-refractivity contribution in [1.29, 1.82) is 0 Å². The number of hydrogen-bond acceptors (Lipinski definition) is 2. The van der Waals surface area contributed by atoms with E-state index < -0.39 is 0 Å². The van der Waals surface area contributed by atoms with Crippen molar-refractivity contribution in [2.75, 3.05) is 0 Å². The van der Waals surface area contributed by atoms with Gasteiger partial charge in [0, 0.05) is 32.5 Å². The summed E-state index contributed by atoms with van der Waals surface area (Å²) in [7, 11) is 0. The second kappa shape index (κ2) is 10.2. The Morgan fingerprint density at radius 2 is 1.02 bits per heavy atom. The van der Waals surface area contributed by atoms with E-state index in [2.05, 4.69) is 170 Å². The van der Waals surface area contributed by atoms with Crippen LogP contribution in [-0.2, 0) is 5.41 Å². The molecule has 0 N–H and O–H groups in total. The Morgan fingerprint density at radius 3 is 1.81 bits per heavy atom. The standard InChI is InChI=1S/C50H29NO/c1-2-13-30(14-3-1)48-38-27-26-35-39-29-31(25-28-45(39)52-49(35)47(38)37-18-7-11-24-44(37)51-48)32-19-12-23-43-46(32)36-17-6-10-22-42(36)50(43)40-20-8-4-15-33(40)34-16-5-9-21-41(34)50/h1-29H. The molecular weight excluding hydrogens is 631 g/mol. The van der Waals surface area contributed by atoms with E-state index >= 15 is 0 Å². The Hall–Kier alpha value is -6.77. The summed E-state index contributed by atoms with van der Waals surface area (Å²) in [5, 5.41) is 5.53. The average Bonchev–Trinajstić information content (AvgIpc) is 3.85. The van der Waals surface area contributed by atoms with Crippen LogP contribution >= 0.6 is 0 Å². The zero-order chi connectivity index (χ0) is 34.0. The molecular formula is C50H29NO. The van der Waals surface area contributed by atoms with Crippen LogP contribution in [-0.4, -0.2) is 4.98 Å². The number of benzene rings is 8. The molecule has 0 atom stereocenters. The molecule has 12 rings (SSSR count). The van der Waals surface area contributed by atoms with Gasteiger partial charge in [-0.3, -0.25) is 0 Å². The minimum absolute atomic E-state index is 0.369. The molecule has 240 valence electrons. The van der Waals surface area contributed by atoms with Crippen LogP contribution in [0.15, 0.2) is 180 Å². The van der Waals surface area contributed by atoms with Crippen molar-refractivity contribution >= 4 is 43.6 Å². The Bertz CT molecular complexity index is 3090. The van der Waals surface area contributed by atoms with Crippen molar-refractivity contribution in [3.05, 3.63) is 198 Å². The van der Waals surface area contributed by atoms with Gasteiger partial charge in [0.15, 0.2) is 0 Å². The molecule has 2 aliphatic rings. The molecule has 2 heteroatoms. The van der Waals surface area contributed by atoms with Crippen LogP contribution in [0.2, 0.25) is 0 Å². The molecule has 0 bridgehead atoms. The molecule has 1 spiro atoms. The third kappa shape index (κ3) is 3.46. The van der Waals surface area contributed by atoms with Gasteiger partial charge in [0.1, 0.15) is 11.2 Å². The Kier molecular flexibility index (Phi) is 5.46. The molecule has 0 saturated heterocycles. The van der Waals surface area contributed by atoms with E-state index in [0.717, 1.165) is 54.9 Å². The van der Waals surface area contributed by atoms with E-state index in [4.69, 9.17) is 9.40 Å². The minimum atomic E-state index is -0.369. The number of furan rings is 1. The molecule has 8 aromatic carbocycles. The highest BCUT2D eigenvalue weighted by atomic mass is 16.3. The lowest BCUT2D eigenvalue weighted by molar-refractivity contribution is 0.673. The summed E-state index contributed by atoms with van der Waals surface area (Å²) in [5.74, 6) is 0. The molecule has 2 heterocycles. The number of aromatic nitrogens is 1. The van der Waals surface area contributed by atoms with E-state index in [1.807, 2.05) is 6.07 Å². The molecule has 0 unspecified atom stereocenters. The van der Waals surface area contributed by atoms with Gasteiger partial charge in [0.05, 0.1) is 16.6 Å². The summed E-state index contributed by atoms with van der Waals surface area (Å²) in [6.45, 7) is 0. The fraction of sp³-hybridized carbons (Fsp3) is 0.0200.